The van der Waals surface area contributed by atoms with Gasteiger partial charge in [0.15, 0.2) is 5.69 Å². The maximum atomic E-state index is 13.0. The Morgan fingerprint density at radius 3 is 2.76 bits per heavy atom. The zero-order valence-electron chi connectivity index (χ0n) is 15.0. The lowest BCUT2D eigenvalue weighted by atomic mass is 9.93. The Bertz CT molecular complexity index is 772. The molecule has 2 aromatic rings. The first-order chi connectivity index (χ1) is 12.0. The first-order valence-corrected chi connectivity index (χ1v) is 9.02. The molecule has 2 aromatic heterocycles. The molecule has 4 heterocycles. The highest BCUT2D eigenvalue weighted by Gasteiger charge is 2.33. The standard InChI is InChI=1S/C18H25N5O2/c1-11-8-14-16(12(2)25-11)20-21-17(14)18(24)23-6-4-13(5-7-23)15-9-19-10-22(15)3/h9-13H,4-8H2,1-3H3,(H,20,21)/t11-,12+/m1/s1. The van der Waals surface area contributed by atoms with Crippen LogP contribution in [0.3, 0.4) is 0 Å². The summed E-state index contributed by atoms with van der Waals surface area (Å²) in [7, 11) is 2.03. The number of aromatic nitrogens is 4. The zero-order chi connectivity index (χ0) is 17.6. The second kappa shape index (κ2) is 6.29. The Balaban J connectivity index is 1.47. The third-order valence-corrected chi connectivity index (χ3v) is 5.49. The van der Waals surface area contributed by atoms with Crippen LogP contribution in [0.2, 0.25) is 0 Å². The van der Waals surface area contributed by atoms with Gasteiger partial charge >= 0.3 is 0 Å². The van der Waals surface area contributed by atoms with Gasteiger partial charge in [-0.15, -0.1) is 0 Å². The monoisotopic (exact) mass is 343 g/mol. The molecule has 2 aliphatic rings. The molecule has 134 valence electrons. The van der Waals surface area contributed by atoms with Crippen molar-refractivity contribution >= 4 is 5.91 Å². The van der Waals surface area contributed by atoms with E-state index in [0.29, 0.717) is 11.6 Å². The summed E-state index contributed by atoms with van der Waals surface area (Å²) < 4.78 is 7.89. The second-order valence-corrected chi connectivity index (χ2v) is 7.25. The van der Waals surface area contributed by atoms with Gasteiger partial charge in [-0.25, -0.2) is 4.98 Å². The van der Waals surface area contributed by atoms with Crippen molar-refractivity contribution in [1.82, 2.24) is 24.6 Å². The van der Waals surface area contributed by atoms with Gasteiger partial charge in [0.2, 0.25) is 0 Å². The minimum atomic E-state index is -0.0385. The van der Waals surface area contributed by atoms with E-state index in [2.05, 4.69) is 19.7 Å². The summed E-state index contributed by atoms with van der Waals surface area (Å²) in [6.07, 6.45) is 6.53. The Morgan fingerprint density at radius 1 is 1.32 bits per heavy atom. The number of hydrogen-bond donors (Lipinski definition) is 1. The molecule has 0 saturated carbocycles. The molecule has 1 amide bonds. The summed E-state index contributed by atoms with van der Waals surface area (Å²) >= 11 is 0. The second-order valence-electron chi connectivity index (χ2n) is 7.25. The Labute approximate surface area is 147 Å². The number of amides is 1. The van der Waals surface area contributed by atoms with E-state index in [0.717, 1.165) is 43.6 Å². The lowest BCUT2D eigenvalue weighted by Crippen LogP contribution is -2.39. The largest absolute Gasteiger partial charge is 0.369 e. The van der Waals surface area contributed by atoms with Gasteiger partial charge in [0, 0.05) is 49.9 Å². The van der Waals surface area contributed by atoms with Crippen LogP contribution in [0, 0.1) is 0 Å². The van der Waals surface area contributed by atoms with Crippen molar-refractivity contribution in [2.24, 2.45) is 7.05 Å². The molecule has 7 nitrogen and oxygen atoms in total. The van der Waals surface area contributed by atoms with Crippen molar-refractivity contribution in [3.8, 4) is 0 Å². The minimum Gasteiger partial charge on any atom is -0.369 e. The molecule has 2 atom stereocenters. The highest BCUT2D eigenvalue weighted by atomic mass is 16.5. The zero-order valence-corrected chi connectivity index (χ0v) is 15.0. The van der Waals surface area contributed by atoms with Crippen LogP contribution >= 0.6 is 0 Å². The quantitative estimate of drug-likeness (QED) is 0.907. The summed E-state index contributed by atoms with van der Waals surface area (Å²) in [5, 5.41) is 7.35. The Morgan fingerprint density at radius 2 is 2.08 bits per heavy atom. The van der Waals surface area contributed by atoms with E-state index < -0.39 is 0 Å². The highest BCUT2D eigenvalue weighted by Crippen LogP contribution is 2.32. The average Bonchev–Trinajstić information content (AvgIpc) is 3.21. The van der Waals surface area contributed by atoms with Gasteiger partial charge in [0.25, 0.3) is 5.91 Å². The van der Waals surface area contributed by atoms with Gasteiger partial charge in [0.1, 0.15) is 0 Å². The predicted molar refractivity (Wildman–Crippen MR) is 92.3 cm³/mol. The summed E-state index contributed by atoms with van der Waals surface area (Å²) in [4.78, 5) is 19.1. The molecular formula is C18H25N5O2. The van der Waals surface area contributed by atoms with Crippen LogP contribution in [-0.2, 0) is 18.2 Å². The number of aromatic amines is 1. The summed E-state index contributed by atoms with van der Waals surface area (Å²) in [6.45, 7) is 5.57. The fraction of sp³-hybridized carbons (Fsp3) is 0.611. The Kier molecular flexibility index (Phi) is 4.11. The van der Waals surface area contributed by atoms with Crippen molar-refractivity contribution < 1.29 is 9.53 Å². The lowest BCUT2D eigenvalue weighted by Gasteiger charge is -2.32. The van der Waals surface area contributed by atoms with E-state index in [4.69, 9.17) is 4.74 Å². The number of hydrogen-bond acceptors (Lipinski definition) is 4. The molecule has 2 aliphatic heterocycles. The number of carbonyl (C=O) groups is 1. The van der Waals surface area contributed by atoms with Gasteiger partial charge in [-0.3, -0.25) is 9.89 Å². The van der Waals surface area contributed by atoms with E-state index in [1.807, 2.05) is 38.3 Å². The van der Waals surface area contributed by atoms with E-state index >= 15 is 0 Å². The molecule has 0 bridgehead atoms. The first kappa shape index (κ1) is 16.3. The molecule has 0 aliphatic carbocycles. The van der Waals surface area contributed by atoms with E-state index in [1.54, 1.807) is 0 Å². The summed E-state index contributed by atoms with van der Waals surface area (Å²) in [5.74, 6) is 0.514. The Hall–Kier alpha value is -2.15. The number of ether oxygens (including phenoxy) is 1. The van der Waals surface area contributed by atoms with Crippen molar-refractivity contribution in [2.45, 2.75) is 51.2 Å². The highest BCUT2D eigenvalue weighted by molar-refractivity contribution is 5.94. The molecule has 4 rings (SSSR count). The fourth-order valence-electron chi connectivity index (χ4n) is 4.14. The molecule has 0 unspecified atom stereocenters. The number of fused-ring (bicyclic) bond motifs is 1. The van der Waals surface area contributed by atoms with Crippen LogP contribution in [0.5, 0.6) is 0 Å². The number of carbonyl (C=O) groups excluding carboxylic acids is 1. The van der Waals surface area contributed by atoms with E-state index in [1.165, 1.54) is 5.69 Å². The molecule has 0 radical (unpaired) electrons. The molecule has 1 saturated heterocycles. The topological polar surface area (TPSA) is 76.0 Å². The van der Waals surface area contributed by atoms with Crippen LogP contribution in [0.15, 0.2) is 12.5 Å². The van der Waals surface area contributed by atoms with Crippen LogP contribution in [0.4, 0.5) is 0 Å². The summed E-state index contributed by atoms with van der Waals surface area (Å²) in [5.41, 5.74) is 3.82. The third-order valence-electron chi connectivity index (χ3n) is 5.49. The van der Waals surface area contributed by atoms with Crippen LogP contribution in [0.1, 0.15) is 66.2 Å². The van der Waals surface area contributed by atoms with Crippen molar-refractivity contribution in [2.75, 3.05) is 13.1 Å². The predicted octanol–water partition coefficient (Wildman–Crippen LogP) is 2.19. The van der Waals surface area contributed by atoms with Gasteiger partial charge in [-0.1, -0.05) is 0 Å². The number of nitrogens with zero attached hydrogens (tertiary/aromatic N) is 4. The van der Waals surface area contributed by atoms with Crippen LogP contribution < -0.4 is 0 Å². The maximum absolute atomic E-state index is 13.0. The van der Waals surface area contributed by atoms with E-state index in [9.17, 15) is 4.79 Å². The van der Waals surface area contributed by atoms with Crippen LogP contribution in [0.25, 0.3) is 0 Å². The normalized spacial score (nSPS) is 24.4. The number of H-pyrrole nitrogens is 1. The van der Waals surface area contributed by atoms with Gasteiger partial charge in [0.05, 0.1) is 24.2 Å². The molecule has 7 heteroatoms. The van der Waals surface area contributed by atoms with Gasteiger partial charge in [-0.2, -0.15) is 5.10 Å². The third kappa shape index (κ3) is 2.86. The molecular weight excluding hydrogens is 318 g/mol. The average molecular weight is 343 g/mol. The first-order valence-electron chi connectivity index (χ1n) is 9.02. The number of piperidine rings is 1. The van der Waals surface area contributed by atoms with E-state index in [-0.39, 0.29) is 18.1 Å². The fourth-order valence-corrected chi connectivity index (χ4v) is 4.14. The molecule has 0 spiro atoms. The number of likely N-dealkylation sites (tertiary alicyclic amines) is 1. The lowest BCUT2D eigenvalue weighted by molar-refractivity contribution is -0.00703. The molecule has 0 aromatic carbocycles. The molecule has 25 heavy (non-hydrogen) atoms. The molecule has 1 N–H and O–H groups in total. The number of aryl methyl sites for hydroxylation is 1. The number of nitrogens with one attached hydrogen (secondary N) is 1. The number of rotatable bonds is 2. The van der Waals surface area contributed by atoms with Crippen molar-refractivity contribution in [3.63, 3.8) is 0 Å². The SMILES string of the molecule is C[C@@H]1Cc2c(C(=O)N3CCC(c4cncn4C)CC3)n[nH]c2[C@H](C)O1. The van der Waals surface area contributed by atoms with Crippen LogP contribution in [-0.4, -0.2) is 49.7 Å². The van der Waals surface area contributed by atoms with Crippen molar-refractivity contribution in [3.05, 3.63) is 35.2 Å². The minimum absolute atomic E-state index is 0.0385. The van der Waals surface area contributed by atoms with Gasteiger partial charge in [-0.05, 0) is 26.7 Å². The van der Waals surface area contributed by atoms with Gasteiger partial charge < -0.3 is 14.2 Å². The maximum Gasteiger partial charge on any atom is 0.274 e. The smallest absolute Gasteiger partial charge is 0.274 e. The number of imidazole rings is 1. The van der Waals surface area contributed by atoms with Crippen molar-refractivity contribution in [1.29, 1.82) is 0 Å². The summed E-state index contributed by atoms with van der Waals surface area (Å²) in [6, 6.07) is 0. The molecule has 1 fully saturated rings.